The van der Waals surface area contributed by atoms with Crippen molar-refractivity contribution in [2.24, 2.45) is 7.05 Å². The number of aryl methyl sites for hydroxylation is 2. The third-order valence-corrected chi connectivity index (χ3v) is 3.05. The summed E-state index contributed by atoms with van der Waals surface area (Å²) in [5.41, 5.74) is 2.78. The van der Waals surface area contributed by atoms with Crippen LogP contribution in [0, 0.1) is 12.7 Å². The lowest BCUT2D eigenvalue weighted by atomic mass is 10.1. The van der Waals surface area contributed by atoms with Gasteiger partial charge in [0.2, 0.25) is 0 Å². The van der Waals surface area contributed by atoms with E-state index in [1.807, 2.05) is 27.1 Å². The van der Waals surface area contributed by atoms with E-state index in [2.05, 4.69) is 10.4 Å². The van der Waals surface area contributed by atoms with E-state index in [0.717, 1.165) is 11.3 Å². The Bertz CT molecular complexity index is 580. The molecule has 0 spiro atoms. The molecule has 0 fully saturated rings. The molecule has 1 heterocycles. The van der Waals surface area contributed by atoms with Gasteiger partial charge in [-0.3, -0.25) is 4.68 Å². The number of nitrogens with zero attached hydrogens (tertiary/aromatic N) is 2. The van der Waals surface area contributed by atoms with Crippen molar-refractivity contribution in [3.05, 3.63) is 41.5 Å². The van der Waals surface area contributed by atoms with Gasteiger partial charge >= 0.3 is 0 Å². The Balaban J connectivity index is 2.17. The first-order valence-corrected chi connectivity index (χ1v) is 6.11. The number of hydrogen-bond donors (Lipinski definition) is 1. The molecular weight excluding hydrogens is 245 g/mol. The fourth-order valence-electron chi connectivity index (χ4n) is 2.13. The molecule has 1 N–H and O–H groups in total. The Morgan fingerprint density at radius 2 is 2.16 bits per heavy atom. The van der Waals surface area contributed by atoms with E-state index in [1.165, 1.54) is 13.2 Å². The minimum Gasteiger partial charge on any atom is -0.494 e. The molecular formula is C14H18FN3O. The smallest absolute Gasteiger partial charge is 0.167 e. The van der Waals surface area contributed by atoms with Crippen molar-refractivity contribution in [1.29, 1.82) is 0 Å². The number of nitrogens with one attached hydrogen (secondary N) is 1. The van der Waals surface area contributed by atoms with E-state index in [4.69, 9.17) is 4.74 Å². The average Bonchev–Trinajstić information content (AvgIpc) is 2.69. The van der Waals surface area contributed by atoms with Crippen LogP contribution in [0.3, 0.4) is 0 Å². The first kappa shape index (κ1) is 13.4. The van der Waals surface area contributed by atoms with Gasteiger partial charge in [-0.05, 0) is 26.0 Å². The predicted octanol–water partition coefficient (Wildman–Crippen LogP) is 3.05. The molecule has 0 saturated carbocycles. The van der Waals surface area contributed by atoms with Crippen molar-refractivity contribution < 1.29 is 9.13 Å². The maximum Gasteiger partial charge on any atom is 0.167 e. The summed E-state index contributed by atoms with van der Waals surface area (Å²) in [4.78, 5) is 0. The third kappa shape index (κ3) is 2.86. The molecule has 1 atom stereocenters. The molecule has 0 radical (unpaired) electrons. The minimum absolute atomic E-state index is 0.0569. The lowest BCUT2D eigenvalue weighted by Gasteiger charge is -2.15. The van der Waals surface area contributed by atoms with Gasteiger partial charge in [-0.15, -0.1) is 0 Å². The number of benzene rings is 1. The number of hydrogen-bond acceptors (Lipinski definition) is 3. The zero-order chi connectivity index (χ0) is 14.0. The highest BCUT2D eigenvalue weighted by Crippen LogP contribution is 2.25. The molecule has 0 saturated heterocycles. The molecule has 0 amide bonds. The fourth-order valence-corrected chi connectivity index (χ4v) is 2.13. The van der Waals surface area contributed by atoms with E-state index in [0.29, 0.717) is 5.69 Å². The van der Waals surface area contributed by atoms with Gasteiger partial charge in [0.25, 0.3) is 0 Å². The van der Waals surface area contributed by atoms with Crippen LogP contribution in [0.25, 0.3) is 0 Å². The molecule has 0 aliphatic rings. The zero-order valence-electron chi connectivity index (χ0n) is 11.6. The Hall–Kier alpha value is -2.04. The lowest BCUT2D eigenvalue weighted by Crippen LogP contribution is -2.07. The SMILES string of the molecule is COc1ccc(NC(C)c2cn(C)nc2C)cc1F. The molecule has 19 heavy (non-hydrogen) atoms. The van der Waals surface area contributed by atoms with Crippen LogP contribution in [0.4, 0.5) is 10.1 Å². The van der Waals surface area contributed by atoms with E-state index >= 15 is 0 Å². The molecule has 1 aromatic carbocycles. The van der Waals surface area contributed by atoms with E-state index < -0.39 is 0 Å². The van der Waals surface area contributed by atoms with Crippen LogP contribution in [0.15, 0.2) is 24.4 Å². The van der Waals surface area contributed by atoms with Crippen molar-refractivity contribution >= 4 is 5.69 Å². The summed E-state index contributed by atoms with van der Waals surface area (Å²) in [5.74, 6) is -0.127. The van der Waals surface area contributed by atoms with Crippen molar-refractivity contribution in [1.82, 2.24) is 9.78 Å². The summed E-state index contributed by atoms with van der Waals surface area (Å²) in [6.07, 6.45) is 1.97. The number of aromatic nitrogens is 2. The van der Waals surface area contributed by atoms with Gasteiger partial charge in [-0.2, -0.15) is 5.10 Å². The summed E-state index contributed by atoms with van der Waals surface area (Å²) >= 11 is 0. The van der Waals surface area contributed by atoms with Crippen LogP contribution in [0.2, 0.25) is 0 Å². The molecule has 102 valence electrons. The Labute approximate surface area is 112 Å². The second kappa shape index (κ2) is 5.30. The molecule has 2 aromatic rings. The van der Waals surface area contributed by atoms with Crippen LogP contribution in [-0.2, 0) is 7.05 Å². The summed E-state index contributed by atoms with van der Waals surface area (Å²) in [6.45, 7) is 3.98. The van der Waals surface area contributed by atoms with E-state index in [1.54, 1.807) is 16.8 Å². The largest absolute Gasteiger partial charge is 0.494 e. The molecule has 2 rings (SSSR count). The average molecular weight is 263 g/mol. The quantitative estimate of drug-likeness (QED) is 0.921. The van der Waals surface area contributed by atoms with Crippen molar-refractivity contribution in [2.45, 2.75) is 19.9 Å². The van der Waals surface area contributed by atoms with Gasteiger partial charge in [0, 0.05) is 30.6 Å². The lowest BCUT2D eigenvalue weighted by molar-refractivity contribution is 0.386. The monoisotopic (exact) mass is 263 g/mol. The predicted molar refractivity (Wildman–Crippen MR) is 72.9 cm³/mol. The number of rotatable bonds is 4. The van der Waals surface area contributed by atoms with Crippen LogP contribution in [0.1, 0.15) is 24.2 Å². The Morgan fingerprint density at radius 3 is 2.68 bits per heavy atom. The number of halogens is 1. The normalized spacial score (nSPS) is 12.3. The molecule has 0 bridgehead atoms. The topological polar surface area (TPSA) is 39.1 Å². The van der Waals surface area contributed by atoms with Gasteiger partial charge in [0.15, 0.2) is 11.6 Å². The summed E-state index contributed by atoms with van der Waals surface area (Å²) in [5, 5.41) is 7.56. The van der Waals surface area contributed by atoms with Crippen molar-refractivity contribution in [3.63, 3.8) is 0 Å². The van der Waals surface area contributed by atoms with Crippen molar-refractivity contribution in [3.8, 4) is 5.75 Å². The van der Waals surface area contributed by atoms with Crippen LogP contribution in [-0.4, -0.2) is 16.9 Å². The first-order valence-electron chi connectivity index (χ1n) is 6.11. The number of methoxy groups -OCH3 is 1. The highest BCUT2D eigenvalue weighted by atomic mass is 19.1. The van der Waals surface area contributed by atoms with Gasteiger partial charge in [0.1, 0.15) is 0 Å². The van der Waals surface area contributed by atoms with Gasteiger partial charge in [-0.25, -0.2) is 4.39 Å². The van der Waals surface area contributed by atoms with Gasteiger partial charge in [0.05, 0.1) is 18.8 Å². The summed E-state index contributed by atoms with van der Waals surface area (Å²) in [7, 11) is 3.34. The molecule has 1 aromatic heterocycles. The van der Waals surface area contributed by atoms with Crippen LogP contribution in [0.5, 0.6) is 5.75 Å². The molecule has 5 heteroatoms. The molecule has 0 aliphatic heterocycles. The molecule has 0 aliphatic carbocycles. The van der Waals surface area contributed by atoms with E-state index in [-0.39, 0.29) is 17.6 Å². The van der Waals surface area contributed by atoms with Gasteiger partial charge < -0.3 is 10.1 Å². The maximum atomic E-state index is 13.6. The Kier molecular flexibility index (Phi) is 3.74. The second-order valence-corrected chi connectivity index (χ2v) is 4.56. The van der Waals surface area contributed by atoms with Gasteiger partial charge in [-0.1, -0.05) is 0 Å². The second-order valence-electron chi connectivity index (χ2n) is 4.56. The zero-order valence-corrected chi connectivity index (χ0v) is 11.6. The highest BCUT2D eigenvalue weighted by molar-refractivity contribution is 5.49. The van der Waals surface area contributed by atoms with Crippen LogP contribution < -0.4 is 10.1 Å². The van der Waals surface area contributed by atoms with E-state index in [9.17, 15) is 4.39 Å². The first-order chi connectivity index (χ1) is 9.01. The number of anilines is 1. The fraction of sp³-hybridized carbons (Fsp3) is 0.357. The minimum atomic E-state index is -0.373. The third-order valence-electron chi connectivity index (χ3n) is 3.05. The highest BCUT2D eigenvalue weighted by Gasteiger charge is 2.12. The van der Waals surface area contributed by atoms with Crippen molar-refractivity contribution in [2.75, 3.05) is 12.4 Å². The van der Waals surface area contributed by atoms with Crippen LogP contribution >= 0.6 is 0 Å². The maximum absolute atomic E-state index is 13.6. The summed E-state index contributed by atoms with van der Waals surface area (Å²) < 4.78 is 20.3. The number of ether oxygens (including phenoxy) is 1. The summed E-state index contributed by atoms with van der Waals surface area (Å²) in [6, 6.07) is 4.90. The Morgan fingerprint density at radius 1 is 1.42 bits per heavy atom. The molecule has 1 unspecified atom stereocenters. The molecule has 4 nitrogen and oxygen atoms in total. The standard InChI is InChI=1S/C14H18FN3O/c1-9(12-8-18(3)17-10(12)2)16-11-5-6-14(19-4)13(15)7-11/h5-9,16H,1-4H3.